The van der Waals surface area contributed by atoms with Gasteiger partial charge in [0.15, 0.2) is 12.2 Å². The largest absolute Gasteiger partial charge is 0.472 e. The van der Waals surface area contributed by atoms with E-state index in [4.69, 9.17) is 37.0 Å². The molecule has 0 aromatic rings. The van der Waals surface area contributed by atoms with Gasteiger partial charge in [-0.1, -0.05) is 319 Å². The van der Waals surface area contributed by atoms with Crippen LogP contribution in [0.4, 0.5) is 0 Å². The zero-order chi connectivity index (χ0) is 68.9. The molecule has 0 aliphatic carbocycles. The standard InChI is InChI=1S/C74H144O17P2/c1-9-67(8)53-45-37-31-33-41-49-57-74(79)91-70(61-85-72(77)55-47-39-32-30-36-44-52-66(6)7)63-89-93(82,83)87-59-68(75)58-86-92(80,81)88-62-69(60-84-71(76)54-46-38-28-24-20-17-16-19-23-27-35-43-51-65(4)5)90-73(78)56-48-40-29-25-21-15-13-11-10-12-14-18-22-26-34-42-50-64(2)3/h64-70,75H,9-63H2,1-8H3,(H,80,81)(H,82,83)/t67?,68-,69-,70-/m1/s1. The minimum atomic E-state index is -4.96. The highest BCUT2D eigenvalue weighted by molar-refractivity contribution is 7.47. The maximum Gasteiger partial charge on any atom is 0.472 e. The second-order valence-corrected chi connectivity index (χ2v) is 31.3. The predicted octanol–water partition coefficient (Wildman–Crippen LogP) is 21.3. The van der Waals surface area contributed by atoms with E-state index < -0.39 is 97.5 Å². The number of esters is 4. The van der Waals surface area contributed by atoms with Crippen LogP contribution in [0.25, 0.3) is 0 Å². The van der Waals surface area contributed by atoms with Crippen LogP contribution in [-0.2, 0) is 65.4 Å². The molecule has 0 heterocycles. The summed E-state index contributed by atoms with van der Waals surface area (Å²) in [4.78, 5) is 72.6. The average Bonchev–Trinajstić information content (AvgIpc) is 2.65. The van der Waals surface area contributed by atoms with Crippen molar-refractivity contribution < 1.29 is 80.2 Å². The number of aliphatic hydroxyl groups excluding tert-OH is 1. The molecule has 3 N–H and O–H groups in total. The summed E-state index contributed by atoms with van der Waals surface area (Å²) in [5, 5.41) is 10.6. The Kier molecular flexibility index (Phi) is 62.2. The fourth-order valence-electron chi connectivity index (χ4n) is 11.2. The first-order chi connectivity index (χ1) is 44.6. The highest BCUT2D eigenvalue weighted by Gasteiger charge is 2.30. The number of phosphoric ester groups is 2. The summed E-state index contributed by atoms with van der Waals surface area (Å²) >= 11 is 0. The van der Waals surface area contributed by atoms with Crippen LogP contribution in [0, 0.1) is 23.7 Å². The molecule has 0 radical (unpaired) electrons. The maximum absolute atomic E-state index is 13.1. The van der Waals surface area contributed by atoms with E-state index in [2.05, 4.69) is 55.4 Å². The van der Waals surface area contributed by atoms with Crippen molar-refractivity contribution in [3.8, 4) is 0 Å². The molecule has 0 bridgehead atoms. The molecule has 0 aliphatic rings. The molecule has 0 spiro atoms. The molecule has 6 atom stereocenters. The van der Waals surface area contributed by atoms with Crippen molar-refractivity contribution in [1.29, 1.82) is 0 Å². The van der Waals surface area contributed by atoms with Gasteiger partial charge in [-0.05, 0) is 49.4 Å². The van der Waals surface area contributed by atoms with E-state index >= 15 is 0 Å². The van der Waals surface area contributed by atoms with E-state index in [0.29, 0.717) is 31.6 Å². The maximum atomic E-state index is 13.1. The van der Waals surface area contributed by atoms with Gasteiger partial charge < -0.3 is 33.8 Å². The predicted molar refractivity (Wildman–Crippen MR) is 377 cm³/mol. The summed E-state index contributed by atoms with van der Waals surface area (Å²) in [6, 6.07) is 0. The lowest BCUT2D eigenvalue weighted by Crippen LogP contribution is -2.30. The van der Waals surface area contributed by atoms with Gasteiger partial charge in [-0.15, -0.1) is 0 Å². The zero-order valence-electron chi connectivity index (χ0n) is 60.9. The van der Waals surface area contributed by atoms with Crippen molar-refractivity contribution in [3.63, 3.8) is 0 Å². The Morgan fingerprint density at radius 3 is 0.763 bits per heavy atom. The third-order valence-electron chi connectivity index (χ3n) is 17.4. The van der Waals surface area contributed by atoms with Gasteiger partial charge in [-0.2, -0.15) is 0 Å². The Hall–Kier alpha value is -1.94. The number of carbonyl (C=O) groups is 4. The van der Waals surface area contributed by atoms with E-state index in [1.807, 2.05) is 0 Å². The number of unbranched alkanes of at least 4 members (excludes halogenated alkanes) is 36. The van der Waals surface area contributed by atoms with Crippen LogP contribution < -0.4 is 0 Å². The molecular formula is C74H144O17P2. The molecule has 93 heavy (non-hydrogen) atoms. The normalized spacial score (nSPS) is 14.5. The lowest BCUT2D eigenvalue weighted by Gasteiger charge is -2.21. The first-order valence-electron chi connectivity index (χ1n) is 38.2. The molecule has 0 aromatic carbocycles. The van der Waals surface area contributed by atoms with Gasteiger partial charge in [0, 0.05) is 25.7 Å². The molecule has 17 nitrogen and oxygen atoms in total. The quantitative estimate of drug-likeness (QED) is 0.0222. The molecule has 0 saturated heterocycles. The summed E-state index contributed by atoms with van der Waals surface area (Å²) in [5.74, 6) is 0.862. The zero-order valence-corrected chi connectivity index (χ0v) is 62.7. The highest BCUT2D eigenvalue weighted by atomic mass is 31.2. The fourth-order valence-corrected chi connectivity index (χ4v) is 12.7. The van der Waals surface area contributed by atoms with E-state index in [1.165, 1.54) is 167 Å². The number of aliphatic hydroxyl groups is 1. The van der Waals surface area contributed by atoms with Crippen LogP contribution in [0.2, 0.25) is 0 Å². The van der Waals surface area contributed by atoms with Crippen LogP contribution >= 0.6 is 15.6 Å². The smallest absolute Gasteiger partial charge is 0.462 e. The topological polar surface area (TPSA) is 237 Å². The van der Waals surface area contributed by atoms with E-state index in [9.17, 15) is 43.2 Å². The number of carbonyl (C=O) groups excluding carboxylic acids is 4. The van der Waals surface area contributed by atoms with E-state index in [-0.39, 0.29) is 25.7 Å². The molecule has 19 heteroatoms. The third-order valence-corrected chi connectivity index (χ3v) is 19.3. The van der Waals surface area contributed by atoms with Crippen molar-refractivity contribution in [2.24, 2.45) is 23.7 Å². The van der Waals surface area contributed by atoms with Gasteiger partial charge in [-0.25, -0.2) is 9.13 Å². The number of rotatable bonds is 71. The van der Waals surface area contributed by atoms with Crippen molar-refractivity contribution in [3.05, 3.63) is 0 Å². The van der Waals surface area contributed by atoms with Crippen LogP contribution in [0.1, 0.15) is 370 Å². The van der Waals surface area contributed by atoms with Gasteiger partial charge in [-0.3, -0.25) is 37.3 Å². The van der Waals surface area contributed by atoms with Crippen LogP contribution in [-0.4, -0.2) is 96.7 Å². The Morgan fingerprint density at radius 1 is 0.301 bits per heavy atom. The van der Waals surface area contributed by atoms with Gasteiger partial charge in [0.2, 0.25) is 0 Å². The molecule has 0 rings (SSSR count). The SMILES string of the molecule is CCC(C)CCCCCCCCC(=O)O[C@H](COC(=O)CCCCCCCCC(C)C)COP(=O)(O)OC[C@H](O)COP(=O)(O)OC[C@@H](COC(=O)CCCCCCCCCCCCCCC(C)C)OC(=O)CCCCCCCCCCCCCCCCCCC(C)C. The molecule has 0 saturated carbocycles. The first-order valence-corrected chi connectivity index (χ1v) is 41.2. The number of hydrogen-bond donors (Lipinski definition) is 3. The number of hydrogen-bond acceptors (Lipinski definition) is 15. The Labute approximate surface area is 568 Å². The van der Waals surface area contributed by atoms with Gasteiger partial charge in [0.1, 0.15) is 19.3 Å². The molecular weight excluding hydrogens is 1220 g/mol. The summed E-state index contributed by atoms with van der Waals surface area (Å²) < 4.78 is 68.4. The molecule has 552 valence electrons. The monoisotopic (exact) mass is 1370 g/mol. The third kappa shape index (κ3) is 67.0. The first kappa shape index (κ1) is 91.1. The summed E-state index contributed by atoms with van der Waals surface area (Å²) in [6.45, 7) is 14.1. The second-order valence-electron chi connectivity index (χ2n) is 28.4. The second kappa shape index (κ2) is 63.5. The number of phosphoric acid groups is 2. The highest BCUT2D eigenvalue weighted by Crippen LogP contribution is 2.45. The average molecular weight is 1370 g/mol. The molecule has 0 amide bonds. The Bertz CT molecular complexity index is 1840. The summed E-state index contributed by atoms with van der Waals surface area (Å²) in [5.41, 5.74) is 0. The van der Waals surface area contributed by atoms with Gasteiger partial charge in [0.25, 0.3) is 0 Å². The Balaban J connectivity index is 5.22. The van der Waals surface area contributed by atoms with Gasteiger partial charge >= 0.3 is 39.5 Å². The van der Waals surface area contributed by atoms with Crippen LogP contribution in [0.3, 0.4) is 0 Å². The minimum Gasteiger partial charge on any atom is -0.462 e. The number of ether oxygens (including phenoxy) is 4. The molecule has 0 fully saturated rings. The molecule has 0 aromatic heterocycles. The minimum absolute atomic E-state index is 0.102. The summed E-state index contributed by atoms with van der Waals surface area (Å²) in [6.07, 6.45) is 47.5. The van der Waals surface area contributed by atoms with E-state index in [1.54, 1.807) is 0 Å². The van der Waals surface area contributed by atoms with Crippen LogP contribution in [0.15, 0.2) is 0 Å². The van der Waals surface area contributed by atoms with Crippen molar-refractivity contribution in [2.45, 2.75) is 388 Å². The van der Waals surface area contributed by atoms with Crippen molar-refractivity contribution >= 4 is 39.5 Å². The fraction of sp³-hybridized carbons (Fsp3) is 0.946. The van der Waals surface area contributed by atoms with Gasteiger partial charge in [0.05, 0.1) is 26.4 Å². The molecule has 3 unspecified atom stereocenters. The van der Waals surface area contributed by atoms with E-state index in [0.717, 1.165) is 114 Å². The van der Waals surface area contributed by atoms with Crippen molar-refractivity contribution in [1.82, 2.24) is 0 Å². The molecule has 0 aliphatic heterocycles. The Morgan fingerprint density at radius 2 is 0.516 bits per heavy atom. The lowest BCUT2D eigenvalue weighted by molar-refractivity contribution is -0.161. The van der Waals surface area contributed by atoms with Crippen molar-refractivity contribution in [2.75, 3.05) is 39.6 Å². The lowest BCUT2D eigenvalue weighted by atomic mass is 10.00. The van der Waals surface area contributed by atoms with Crippen LogP contribution in [0.5, 0.6) is 0 Å². The summed E-state index contributed by atoms with van der Waals surface area (Å²) in [7, 11) is -9.91.